The van der Waals surface area contributed by atoms with Gasteiger partial charge in [0.2, 0.25) is 0 Å². The molecular weight excluding hydrogens is 423 g/mol. The summed E-state index contributed by atoms with van der Waals surface area (Å²) >= 11 is 12.0. The molecule has 0 saturated carbocycles. The summed E-state index contributed by atoms with van der Waals surface area (Å²) in [7, 11) is 0. The minimum absolute atomic E-state index is 0.0728. The van der Waals surface area contributed by atoms with Crippen molar-refractivity contribution >= 4 is 34.9 Å². The summed E-state index contributed by atoms with van der Waals surface area (Å²) in [6, 6.07) is 5.80. The predicted molar refractivity (Wildman–Crippen MR) is 122 cm³/mol. The number of likely N-dealkylation sites (tertiary alicyclic amines) is 1. The van der Waals surface area contributed by atoms with Crippen LogP contribution in [0.3, 0.4) is 0 Å². The lowest BCUT2D eigenvalue weighted by Crippen LogP contribution is -2.53. The summed E-state index contributed by atoms with van der Waals surface area (Å²) in [5.74, 6) is 0.734. The predicted octanol–water partition coefficient (Wildman–Crippen LogP) is 4.03. The number of hydrogen-bond acceptors (Lipinski definition) is 4. The van der Waals surface area contributed by atoms with Gasteiger partial charge in [0.05, 0.1) is 10.0 Å². The highest BCUT2D eigenvalue weighted by molar-refractivity contribution is 6.42. The summed E-state index contributed by atoms with van der Waals surface area (Å²) in [5.41, 5.74) is 0.673. The Bertz CT molecular complexity index is 721. The van der Waals surface area contributed by atoms with Crippen molar-refractivity contribution in [3.05, 3.63) is 28.2 Å². The molecule has 3 aliphatic heterocycles. The summed E-state index contributed by atoms with van der Waals surface area (Å²) < 4.78 is 5.53. The molecule has 1 aromatic rings. The highest BCUT2D eigenvalue weighted by Gasteiger charge is 2.29. The van der Waals surface area contributed by atoms with Crippen LogP contribution in [0, 0.1) is 5.92 Å². The van der Waals surface area contributed by atoms with Crippen molar-refractivity contribution in [1.82, 2.24) is 14.7 Å². The maximum atomic E-state index is 12.6. The third-order valence-electron chi connectivity index (χ3n) is 6.60. The van der Waals surface area contributed by atoms with Gasteiger partial charge in [-0.3, -0.25) is 9.80 Å². The average molecular weight is 455 g/mol. The SMILES string of the molecule is O=C(Nc1ccc(Cl)c(Cl)c1)N1CCN(CC2CCCN(C3CCOCC3)C2)CC1. The van der Waals surface area contributed by atoms with Crippen molar-refractivity contribution in [3.63, 3.8) is 0 Å². The maximum Gasteiger partial charge on any atom is 0.321 e. The molecule has 1 N–H and O–H groups in total. The number of piperidine rings is 1. The number of ether oxygens (including phenoxy) is 1. The Morgan fingerprint density at radius 2 is 1.80 bits per heavy atom. The number of piperazine rings is 1. The first kappa shape index (κ1) is 22.2. The van der Waals surface area contributed by atoms with Crippen LogP contribution in [-0.4, -0.2) is 85.8 Å². The normalized spacial score (nSPS) is 24.7. The molecule has 6 nitrogen and oxygen atoms in total. The van der Waals surface area contributed by atoms with E-state index in [9.17, 15) is 4.79 Å². The van der Waals surface area contributed by atoms with Crippen molar-refractivity contribution < 1.29 is 9.53 Å². The molecule has 1 atom stereocenters. The number of nitrogens with zero attached hydrogens (tertiary/aromatic N) is 3. The van der Waals surface area contributed by atoms with Crippen LogP contribution in [0.5, 0.6) is 0 Å². The fourth-order valence-corrected chi connectivity index (χ4v) is 5.20. The lowest BCUT2D eigenvalue weighted by Gasteiger charge is -2.42. The lowest BCUT2D eigenvalue weighted by atomic mass is 9.94. The Morgan fingerprint density at radius 1 is 1.03 bits per heavy atom. The summed E-state index contributed by atoms with van der Waals surface area (Å²) in [6.45, 7) is 8.79. The first-order chi connectivity index (χ1) is 14.6. The van der Waals surface area contributed by atoms with Crippen molar-refractivity contribution in [3.8, 4) is 0 Å². The van der Waals surface area contributed by atoms with E-state index in [1.165, 1.54) is 38.8 Å². The molecule has 0 bridgehead atoms. The van der Waals surface area contributed by atoms with Crippen LogP contribution in [0.1, 0.15) is 25.7 Å². The van der Waals surface area contributed by atoms with Gasteiger partial charge in [0, 0.05) is 64.2 Å². The standard InChI is InChI=1S/C22H32Cl2N4O2/c23-20-4-3-18(14-21(20)24)25-22(29)27-10-8-26(9-11-27)15-17-2-1-7-28(16-17)19-5-12-30-13-6-19/h3-4,14,17,19H,1-2,5-13,15-16H2,(H,25,29). The number of hydrogen-bond donors (Lipinski definition) is 1. The van der Waals surface area contributed by atoms with Crippen molar-refractivity contribution in [1.29, 1.82) is 0 Å². The van der Waals surface area contributed by atoms with E-state index in [1.807, 2.05) is 4.90 Å². The molecule has 0 spiro atoms. The molecule has 1 aromatic carbocycles. The Kier molecular flexibility index (Phi) is 7.76. The minimum Gasteiger partial charge on any atom is -0.381 e. The van der Waals surface area contributed by atoms with E-state index in [-0.39, 0.29) is 6.03 Å². The highest BCUT2D eigenvalue weighted by atomic mass is 35.5. The molecule has 8 heteroatoms. The molecular formula is C22H32Cl2N4O2. The zero-order chi connectivity index (χ0) is 20.9. The van der Waals surface area contributed by atoms with Crippen LogP contribution in [0.15, 0.2) is 18.2 Å². The van der Waals surface area contributed by atoms with Gasteiger partial charge in [-0.1, -0.05) is 23.2 Å². The first-order valence-electron chi connectivity index (χ1n) is 11.1. The molecule has 166 valence electrons. The van der Waals surface area contributed by atoms with E-state index in [4.69, 9.17) is 27.9 Å². The van der Waals surface area contributed by atoms with Gasteiger partial charge in [-0.25, -0.2) is 4.79 Å². The molecule has 3 aliphatic rings. The van der Waals surface area contributed by atoms with Crippen molar-refractivity contribution in [2.24, 2.45) is 5.92 Å². The number of carbonyl (C=O) groups is 1. The summed E-state index contributed by atoms with van der Waals surface area (Å²) in [5, 5.41) is 3.86. The topological polar surface area (TPSA) is 48.1 Å². The number of carbonyl (C=O) groups excluding carboxylic acids is 1. The van der Waals surface area contributed by atoms with E-state index in [0.717, 1.165) is 51.9 Å². The van der Waals surface area contributed by atoms with E-state index >= 15 is 0 Å². The van der Waals surface area contributed by atoms with E-state index in [1.54, 1.807) is 18.2 Å². The number of nitrogens with one attached hydrogen (secondary N) is 1. The van der Waals surface area contributed by atoms with Gasteiger partial charge in [-0.05, 0) is 56.3 Å². The largest absolute Gasteiger partial charge is 0.381 e. The Morgan fingerprint density at radius 3 is 2.53 bits per heavy atom. The summed E-state index contributed by atoms with van der Waals surface area (Å²) in [4.78, 5) is 19.7. The molecule has 1 unspecified atom stereocenters. The first-order valence-corrected chi connectivity index (χ1v) is 11.9. The van der Waals surface area contributed by atoms with Gasteiger partial charge in [0.1, 0.15) is 0 Å². The zero-order valence-corrected chi connectivity index (χ0v) is 19.0. The molecule has 0 aromatic heterocycles. The molecule has 30 heavy (non-hydrogen) atoms. The molecule has 3 fully saturated rings. The average Bonchev–Trinajstić information content (AvgIpc) is 2.77. The lowest BCUT2D eigenvalue weighted by molar-refractivity contribution is 0.0120. The van der Waals surface area contributed by atoms with Gasteiger partial charge < -0.3 is 15.0 Å². The van der Waals surface area contributed by atoms with Crippen LogP contribution in [-0.2, 0) is 4.74 Å². The van der Waals surface area contributed by atoms with Crippen molar-refractivity contribution in [2.45, 2.75) is 31.7 Å². The second kappa shape index (κ2) is 10.5. The number of urea groups is 1. The fourth-order valence-electron chi connectivity index (χ4n) is 4.90. The molecule has 0 radical (unpaired) electrons. The van der Waals surface area contributed by atoms with Gasteiger partial charge in [-0.2, -0.15) is 0 Å². The smallest absolute Gasteiger partial charge is 0.321 e. The second-order valence-electron chi connectivity index (χ2n) is 8.69. The third-order valence-corrected chi connectivity index (χ3v) is 7.34. The highest BCUT2D eigenvalue weighted by Crippen LogP contribution is 2.26. The van der Waals surface area contributed by atoms with Crippen LogP contribution in [0.4, 0.5) is 10.5 Å². The molecule has 0 aliphatic carbocycles. The van der Waals surface area contributed by atoms with Gasteiger partial charge in [0.15, 0.2) is 0 Å². The Hall–Kier alpha value is -1.05. The van der Waals surface area contributed by atoms with E-state index in [2.05, 4.69) is 15.1 Å². The van der Waals surface area contributed by atoms with Gasteiger partial charge >= 0.3 is 6.03 Å². The zero-order valence-electron chi connectivity index (χ0n) is 17.5. The number of halogens is 2. The van der Waals surface area contributed by atoms with Gasteiger partial charge in [-0.15, -0.1) is 0 Å². The second-order valence-corrected chi connectivity index (χ2v) is 9.51. The van der Waals surface area contributed by atoms with Crippen molar-refractivity contribution in [2.75, 3.05) is 64.3 Å². The summed E-state index contributed by atoms with van der Waals surface area (Å²) in [6.07, 6.45) is 4.98. The number of anilines is 1. The third kappa shape index (κ3) is 5.80. The molecule has 3 saturated heterocycles. The van der Waals surface area contributed by atoms with Crippen LogP contribution < -0.4 is 5.32 Å². The quantitative estimate of drug-likeness (QED) is 0.745. The Labute approximate surface area is 189 Å². The number of benzene rings is 1. The Balaban J connectivity index is 1.21. The monoisotopic (exact) mass is 454 g/mol. The molecule has 3 heterocycles. The van der Waals surface area contributed by atoms with Crippen LogP contribution in [0.2, 0.25) is 10.0 Å². The van der Waals surface area contributed by atoms with E-state index < -0.39 is 0 Å². The number of amides is 2. The van der Waals surface area contributed by atoms with Crippen LogP contribution >= 0.6 is 23.2 Å². The minimum atomic E-state index is -0.0728. The molecule has 2 amide bonds. The van der Waals surface area contributed by atoms with Crippen LogP contribution in [0.25, 0.3) is 0 Å². The number of rotatable bonds is 4. The van der Waals surface area contributed by atoms with E-state index in [0.29, 0.717) is 21.8 Å². The molecule has 4 rings (SSSR count). The maximum absolute atomic E-state index is 12.6. The van der Waals surface area contributed by atoms with Gasteiger partial charge in [0.25, 0.3) is 0 Å². The fraction of sp³-hybridized carbons (Fsp3) is 0.682.